The van der Waals surface area contributed by atoms with Crippen LogP contribution in [-0.4, -0.2) is 44.3 Å². The molecule has 3 aromatic carbocycles. The summed E-state index contributed by atoms with van der Waals surface area (Å²) >= 11 is 0. The van der Waals surface area contributed by atoms with Crippen LogP contribution < -0.4 is 8.92 Å². The Hall–Kier alpha value is -3.92. The molecule has 0 radical (unpaired) electrons. The fourth-order valence-electron chi connectivity index (χ4n) is 2.84. The third kappa shape index (κ3) is 6.30. The molecule has 3 rings (SSSR count). The molecule has 0 unspecified atom stereocenters. The first-order valence-corrected chi connectivity index (χ1v) is 11.3. The molecule has 0 N–H and O–H groups in total. The number of carbonyl (C=O) groups excluding carboxylic acids is 1. The summed E-state index contributed by atoms with van der Waals surface area (Å²) in [6, 6.07) is 17.7. The summed E-state index contributed by atoms with van der Waals surface area (Å²) in [5.41, 5.74) is 1.10. The van der Waals surface area contributed by atoms with Gasteiger partial charge in [0.1, 0.15) is 23.0 Å². The van der Waals surface area contributed by atoms with Gasteiger partial charge >= 0.3 is 10.1 Å². The van der Waals surface area contributed by atoms with Crippen molar-refractivity contribution in [1.29, 1.82) is 0 Å². The van der Waals surface area contributed by atoms with Crippen LogP contribution in [0, 0.1) is 17.0 Å². The SMILES string of the molecule is Cc1ccc(OCCN(C)C(=O)c2ccc(OS(=O)(=O)c3cccc([N+](=O)[O-])c3)cc2)cc1. The fraction of sp³-hybridized carbons (Fsp3) is 0.174. The van der Waals surface area contributed by atoms with Gasteiger partial charge in [-0.2, -0.15) is 8.42 Å². The monoisotopic (exact) mass is 470 g/mol. The topological polar surface area (TPSA) is 116 Å². The van der Waals surface area contributed by atoms with Crippen LogP contribution in [0.3, 0.4) is 0 Å². The molecule has 0 spiro atoms. The third-order valence-electron chi connectivity index (χ3n) is 4.69. The number of non-ortho nitro benzene ring substituents is 1. The zero-order valence-corrected chi connectivity index (χ0v) is 18.8. The molecule has 0 aliphatic carbocycles. The molecule has 0 saturated carbocycles. The van der Waals surface area contributed by atoms with E-state index in [1.165, 1.54) is 47.4 Å². The fourth-order valence-corrected chi connectivity index (χ4v) is 3.81. The van der Waals surface area contributed by atoms with E-state index in [0.29, 0.717) is 24.5 Å². The Morgan fingerprint density at radius 3 is 2.27 bits per heavy atom. The van der Waals surface area contributed by atoms with Crippen LogP contribution >= 0.6 is 0 Å². The second-order valence-corrected chi connectivity index (χ2v) is 8.75. The number of carbonyl (C=O) groups is 1. The average molecular weight is 471 g/mol. The summed E-state index contributed by atoms with van der Waals surface area (Å²) in [4.78, 5) is 23.9. The minimum atomic E-state index is -4.28. The van der Waals surface area contributed by atoms with Crippen LogP contribution in [0.25, 0.3) is 0 Å². The van der Waals surface area contributed by atoms with E-state index in [1.807, 2.05) is 31.2 Å². The van der Waals surface area contributed by atoms with Crippen molar-refractivity contribution in [2.24, 2.45) is 0 Å². The number of aryl methyl sites for hydroxylation is 1. The Kier molecular flexibility index (Phi) is 7.29. The lowest BCUT2D eigenvalue weighted by Gasteiger charge is -2.18. The van der Waals surface area contributed by atoms with Crippen molar-refractivity contribution in [2.75, 3.05) is 20.2 Å². The number of likely N-dealkylation sites (N-methyl/N-ethyl adjacent to an activating group) is 1. The number of hydrogen-bond donors (Lipinski definition) is 0. The first-order chi connectivity index (χ1) is 15.7. The predicted octanol–water partition coefficient (Wildman–Crippen LogP) is 3.82. The molecule has 1 amide bonds. The van der Waals surface area contributed by atoms with E-state index in [0.717, 1.165) is 11.6 Å². The van der Waals surface area contributed by atoms with Gasteiger partial charge in [0, 0.05) is 24.7 Å². The number of benzene rings is 3. The van der Waals surface area contributed by atoms with Gasteiger partial charge in [-0.05, 0) is 49.4 Å². The summed E-state index contributed by atoms with van der Waals surface area (Å²) in [6.45, 7) is 2.65. The Labute approximate surface area is 191 Å². The quantitative estimate of drug-likeness (QED) is 0.265. The first-order valence-electron chi connectivity index (χ1n) is 9.90. The normalized spacial score (nSPS) is 11.0. The summed E-state index contributed by atoms with van der Waals surface area (Å²) in [5, 5.41) is 10.9. The summed E-state index contributed by atoms with van der Waals surface area (Å²) in [7, 11) is -2.64. The van der Waals surface area contributed by atoms with Crippen molar-refractivity contribution in [2.45, 2.75) is 11.8 Å². The van der Waals surface area contributed by atoms with E-state index in [-0.39, 0.29) is 22.2 Å². The molecule has 9 nitrogen and oxygen atoms in total. The minimum Gasteiger partial charge on any atom is -0.492 e. The highest BCUT2D eigenvalue weighted by Gasteiger charge is 2.20. The van der Waals surface area contributed by atoms with Gasteiger partial charge in [-0.3, -0.25) is 14.9 Å². The molecule has 172 valence electrons. The van der Waals surface area contributed by atoms with Crippen molar-refractivity contribution >= 4 is 21.7 Å². The molecule has 0 fully saturated rings. The predicted molar refractivity (Wildman–Crippen MR) is 121 cm³/mol. The Balaban J connectivity index is 1.59. The lowest BCUT2D eigenvalue weighted by atomic mass is 10.2. The molecule has 0 aliphatic heterocycles. The molecular formula is C23H22N2O7S. The molecule has 0 aliphatic rings. The number of rotatable bonds is 9. The standard InChI is InChI=1S/C23H22N2O7S/c1-17-6-10-20(11-7-17)31-15-14-24(2)23(26)18-8-12-21(13-9-18)32-33(29,30)22-5-3-4-19(16-22)25(27)28/h3-13,16H,14-15H2,1-2H3. The molecule has 0 aromatic heterocycles. The lowest BCUT2D eigenvalue weighted by molar-refractivity contribution is -0.385. The molecule has 0 heterocycles. The number of amides is 1. The summed E-state index contributed by atoms with van der Waals surface area (Å²) < 4.78 is 35.5. The number of nitro groups is 1. The zero-order valence-electron chi connectivity index (χ0n) is 18.0. The van der Waals surface area contributed by atoms with Crippen LogP contribution in [0.5, 0.6) is 11.5 Å². The van der Waals surface area contributed by atoms with Crippen LogP contribution in [0.4, 0.5) is 5.69 Å². The Morgan fingerprint density at radius 2 is 1.64 bits per heavy atom. The first kappa shape index (κ1) is 23.7. The van der Waals surface area contributed by atoms with E-state index < -0.39 is 15.0 Å². The maximum atomic E-state index is 12.6. The van der Waals surface area contributed by atoms with E-state index in [9.17, 15) is 23.3 Å². The second-order valence-electron chi connectivity index (χ2n) is 7.20. The molecule has 0 atom stereocenters. The molecular weight excluding hydrogens is 448 g/mol. The Bertz CT molecular complexity index is 1240. The van der Waals surface area contributed by atoms with Gasteiger partial charge in [-0.15, -0.1) is 0 Å². The van der Waals surface area contributed by atoms with Crippen molar-refractivity contribution in [3.8, 4) is 11.5 Å². The van der Waals surface area contributed by atoms with Crippen molar-refractivity contribution in [3.63, 3.8) is 0 Å². The molecule has 3 aromatic rings. The minimum absolute atomic E-state index is 0.0246. The van der Waals surface area contributed by atoms with Crippen LogP contribution in [0.2, 0.25) is 0 Å². The van der Waals surface area contributed by atoms with Gasteiger partial charge in [-0.25, -0.2) is 0 Å². The highest BCUT2D eigenvalue weighted by molar-refractivity contribution is 7.87. The van der Waals surface area contributed by atoms with Gasteiger partial charge in [0.05, 0.1) is 11.5 Å². The average Bonchev–Trinajstić information content (AvgIpc) is 2.80. The number of ether oxygens (including phenoxy) is 1. The molecule has 0 bridgehead atoms. The molecule has 10 heteroatoms. The van der Waals surface area contributed by atoms with Crippen LogP contribution in [-0.2, 0) is 10.1 Å². The van der Waals surface area contributed by atoms with Gasteiger partial charge < -0.3 is 13.8 Å². The van der Waals surface area contributed by atoms with Crippen LogP contribution in [0.15, 0.2) is 77.7 Å². The van der Waals surface area contributed by atoms with Gasteiger partial charge in [0.2, 0.25) is 0 Å². The van der Waals surface area contributed by atoms with Crippen molar-refractivity contribution in [3.05, 3.63) is 94.0 Å². The summed E-state index contributed by atoms with van der Waals surface area (Å²) in [6.07, 6.45) is 0. The summed E-state index contributed by atoms with van der Waals surface area (Å²) in [5.74, 6) is 0.423. The van der Waals surface area contributed by atoms with Crippen molar-refractivity contribution < 1.29 is 27.1 Å². The highest BCUT2D eigenvalue weighted by atomic mass is 32.2. The zero-order chi connectivity index (χ0) is 24.0. The largest absolute Gasteiger partial charge is 0.492 e. The Morgan fingerprint density at radius 1 is 1.00 bits per heavy atom. The maximum absolute atomic E-state index is 12.6. The smallest absolute Gasteiger partial charge is 0.339 e. The number of nitrogens with zero attached hydrogens (tertiary/aromatic N) is 2. The molecule has 0 saturated heterocycles. The van der Waals surface area contributed by atoms with Crippen LogP contribution in [0.1, 0.15) is 15.9 Å². The van der Waals surface area contributed by atoms with E-state index in [4.69, 9.17) is 8.92 Å². The van der Waals surface area contributed by atoms with E-state index in [2.05, 4.69) is 0 Å². The third-order valence-corrected chi connectivity index (χ3v) is 5.93. The lowest BCUT2D eigenvalue weighted by Crippen LogP contribution is -2.30. The van der Waals surface area contributed by atoms with Gasteiger partial charge in [-0.1, -0.05) is 23.8 Å². The van der Waals surface area contributed by atoms with E-state index >= 15 is 0 Å². The molecule has 33 heavy (non-hydrogen) atoms. The highest BCUT2D eigenvalue weighted by Crippen LogP contribution is 2.22. The van der Waals surface area contributed by atoms with Gasteiger partial charge in [0.25, 0.3) is 11.6 Å². The number of hydrogen-bond acceptors (Lipinski definition) is 7. The second kappa shape index (κ2) is 10.1. The van der Waals surface area contributed by atoms with Gasteiger partial charge in [0.15, 0.2) is 0 Å². The maximum Gasteiger partial charge on any atom is 0.339 e. The van der Waals surface area contributed by atoms with Crippen molar-refractivity contribution in [1.82, 2.24) is 4.90 Å². The van der Waals surface area contributed by atoms with E-state index in [1.54, 1.807) is 7.05 Å². The number of nitro benzene ring substituents is 1.